The van der Waals surface area contributed by atoms with Crippen LogP contribution in [0.1, 0.15) is 19.4 Å². The van der Waals surface area contributed by atoms with Crippen LogP contribution in [0.3, 0.4) is 0 Å². The lowest BCUT2D eigenvalue weighted by molar-refractivity contribution is 1.47. The molecule has 0 fully saturated rings. The van der Waals surface area contributed by atoms with Crippen molar-refractivity contribution in [3.63, 3.8) is 0 Å². The molecule has 0 atom stereocenters. The van der Waals surface area contributed by atoms with Gasteiger partial charge in [0.15, 0.2) is 0 Å². The van der Waals surface area contributed by atoms with Crippen LogP contribution < -0.4 is 0 Å². The van der Waals surface area contributed by atoms with Crippen molar-refractivity contribution in [3.05, 3.63) is 84.4 Å². The zero-order valence-corrected chi connectivity index (χ0v) is 14.0. The summed E-state index contributed by atoms with van der Waals surface area (Å²) in [5, 5.41) is 5.23. The molecule has 0 aliphatic carbocycles. The minimum atomic E-state index is 1.29. The lowest BCUT2D eigenvalue weighted by Gasteiger charge is -2.12. The number of hydrogen-bond acceptors (Lipinski definition) is 0. The van der Waals surface area contributed by atoms with E-state index < -0.39 is 0 Å². The summed E-state index contributed by atoms with van der Waals surface area (Å²) in [5.41, 5.74) is 3.92. The van der Waals surface area contributed by atoms with Gasteiger partial charge in [-0.2, -0.15) is 0 Å². The Kier molecular flexibility index (Phi) is 4.43. The maximum absolute atomic E-state index is 2.28. The van der Waals surface area contributed by atoms with Crippen molar-refractivity contribution >= 4 is 21.5 Å². The molecule has 4 aromatic rings. The van der Waals surface area contributed by atoms with Crippen LogP contribution in [0.2, 0.25) is 0 Å². The first-order valence-corrected chi connectivity index (χ1v) is 8.30. The molecule has 0 heterocycles. The quantitative estimate of drug-likeness (QED) is 0.332. The molecule has 0 aliphatic rings. The fourth-order valence-electron chi connectivity index (χ4n) is 3.04. The summed E-state index contributed by atoms with van der Waals surface area (Å²) in [6.45, 7) is 6.13. The largest absolute Gasteiger partial charge is 0.0683 e. The van der Waals surface area contributed by atoms with Gasteiger partial charge < -0.3 is 0 Å². The molecule has 4 rings (SSSR count). The predicted octanol–water partition coefficient (Wildman–Crippen LogP) is 6.99. The van der Waals surface area contributed by atoms with Gasteiger partial charge in [-0.05, 0) is 45.7 Å². The Morgan fingerprint density at radius 2 is 1.04 bits per heavy atom. The Bertz CT molecular complexity index is 877. The third-order valence-corrected chi connectivity index (χ3v) is 4.11. The third kappa shape index (κ3) is 2.85. The minimum Gasteiger partial charge on any atom is -0.0683 e. The number of fused-ring (bicyclic) bond motifs is 2. The Balaban J connectivity index is 0.000000753. The molecular formula is C23H22. The van der Waals surface area contributed by atoms with E-state index in [1.807, 2.05) is 13.8 Å². The molecule has 0 aromatic heterocycles. The van der Waals surface area contributed by atoms with Crippen LogP contribution in [-0.2, 0) is 0 Å². The van der Waals surface area contributed by atoms with Crippen molar-refractivity contribution in [2.45, 2.75) is 20.8 Å². The summed E-state index contributed by atoms with van der Waals surface area (Å²) < 4.78 is 0. The molecule has 0 spiro atoms. The first-order valence-electron chi connectivity index (χ1n) is 8.30. The van der Waals surface area contributed by atoms with Crippen molar-refractivity contribution in [1.29, 1.82) is 0 Å². The standard InChI is InChI=1S/C21H16.C2H6/c1-15-10-12-16(13-11-15)21-19-8-4-2-6-17(19)14-18-7-3-5-9-20(18)21;1-2/h2-14H,1H3;1-2H3. The van der Waals surface area contributed by atoms with Crippen LogP contribution in [-0.4, -0.2) is 0 Å². The zero-order chi connectivity index (χ0) is 16.2. The van der Waals surface area contributed by atoms with Gasteiger partial charge in [0.25, 0.3) is 0 Å². The molecule has 4 aromatic carbocycles. The second-order valence-electron chi connectivity index (χ2n) is 5.56. The summed E-state index contributed by atoms with van der Waals surface area (Å²) in [4.78, 5) is 0. The summed E-state index contributed by atoms with van der Waals surface area (Å²) in [6.07, 6.45) is 0. The molecule has 0 aliphatic heterocycles. The molecule has 114 valence electrons. The fourth-order valence-corrected chi connectivity index (χ4v) is 3.04. The number of hydrogen-bond donors (Lipinski definition) is 0. The van der Waals surface area contributed by atoms with E-state index in [1.165, 1.54) is 38.2 Å². The van der Waals surface area contributed by atoms with Crippen LogP contribution >= 0.6 is 0 Å². The lowest BCUT2D eigenvalue weighted by atomic mass is 9.92. The Morgan fingerprint density at radius 1 is 0.565 bits per heavy atom. The Morgan fingerprint density at radius 3 is 1.57 bits per heavy atom. The van der Waals surface area contributed by atoms with E-state index in [9.17, 15) is 0 Å². The summed E-state index contributed by atoms with van der Waals surface area (Å²) in [5.74, 6) is 0. The average molecular weight is 298 g/mol. The average Bonchev–Trinajstić information content (AvgIpc) is 2.62. The molecule has 0 saturated carbocycles. The molecule has 0 nitrogen and oxygen atoms in total. The lowest BCUT2D eigenvalue weighted by Crippen LogP contribution is -1.85. The van der Waals surface area contributed by atoms with Crippen molar-refractivity contribution in [1.82, 2.24) is 0 Å². The third-order valence-electron chi connectivity index (χ3n) is 4.11. The molecule has 0 unspecified atom stereocenters. The molecule has 0 heteroatoms. The fraction of sp³-hybridized carbons (Fsp3) is 0.130. The van der Waals surface area contributed by atoms with Crippen molar-refractivity contribution in [2.24, 2.45) is 0 Å². The number of aryl methyl sites for hydroxylation is 1. The molecule has 0 amide bonds. The van der Waals surface area contributed by atoms with Crippen molar-refractivity contribution in [3.8, 4) is 11.1 Å². The van der Waals surface area contributed by atoms with Gasteiger partial charge in [-0.3, -0.25) is 0 Å². The van der Waals surface area contributed by atoms with E-state index in [-0.39, 0.29) is 0 Å². The van der Waals surface area contributed by atoms with E-state index in [0.29, 0.717) is 0 Å². The SMILES string of the molecule is CC.Cc1ccc(-c2c3ccccc3cc3ccccc23)cc1. The van der Waals surface area contributed by atoms with E-state index in [1.54, 1.807) is 0 Å². The van der Waals surface area contributed by atoms with E-state index in [4.69, 9.17) is 0 Å². The second kappa shape index (κ2) is 6.66. The summed E-state index contributed by atoms with van der Waals surface area (Å²) in [7, 11) is 0. The first-order chi connectivity index (χ1) is 11.3. The highest BCUT2D eigenvalue weighted by atomic mass is 14.1. The smallest absolute Gasteiger partial charge is 0.00268 e. The molecule has 0 saturated heterocycles. The zero-order valence-electron chi connectivity index (χ0n) is 14.0. The summed E-state index contributed by atoms with van der Waals surface area (Å²) in [6, 6.07) is 28.4. The Hall–Kier alpha value is -2.60. The van der Waals surface area contributed by atoms with E-state index in [0.717, 1.165) is 0 Å². The summed E-state index contributed by atoms with van der Waals surface area (Å²) >= 11 is 0. The molecule has 23 heavy (non-hydrogen) atoms. The maximum atomic E-state index is 2.28. The molecular weight excluding hydrogens is 276 g/mol. The van der Waals surface area contributed by atoms with Crippen molar-refractivity contribution in [2.75, 3.05) is 0 Å². The monoisotopic (exact) mass is 298 g/mol. The molecule has 0 radical (unpaired) electrons. The van der Waals surface area contributed by atoms with Crippen LogP contribution in [0.5, 0.6) is 0 Å². The van der Waals surface area contributed by atoms with Crippen LogP contribution in [0.25, 0.3) is 32.7 Å². The predicted molar refractivity (Wildman–Crippen MR) is 103 cm³/mol. The van der Waals surface area contributed by atoms with Gasteiger partial charge in [0.05, 0.1) is 0 Å². The maximum Gasteiger partial charge on any atom is -0.00268 e. The van der Waals surface area contributed by atoms with E-state index in [2.05, 4.69) is 85.8 Å². The van der Waals surface area contributed by atoms with Crippen LogP contribution in [0.4, 0.5) is 0 Å². The first kappa shape index (κ1) is 15.3. The highest BCUT2D eigenvalue weighted by molar-refractivity contribution is 6.12. The van der Waals surface area contributed by atoms with Crippen LogP contribution in [0, 0.1) is 6.92 Å². The number of rotatable bonds is 1. The van der Waals surface area contributed by atoms with Gasteiger partial charge in [0.2, 0.25) is 0 Å². The highest BCUT2D eigenvalue weighted by Crippen LogP contribution is 2.36. The van der Waals surface area contributed by atoms with Crippen molar-refractivity contribution < 1.29 is 0 Å². The second-order valence-corrected chi connectivity index (χ2v) is 5.56. The molecule has 0 bridgehead atoms. The Labute approximate surface area is 138 Å². The van der Waals surface area contributed by atoms with Gasteiger partial charge in [0.1, 0.15) is 0 Å². The normalized spacial score (nSPS) is 10.4. The van der Waals surface area contributed by atoms with E-state index >= 15 is 0 Å². The topological polar surface area (TPSA) is 0 Å². The minimum absolute atomic E-state index is 1.29. The number of benzene rings is 4. The van der Waals surface area contributed by atoms with Crippen LogP contribution in [0.15, 0.2) is 78.9 Å². The van der Waals surface area contributed by atoms with Gasteiger partial charge in [-0.25, -0.2) is 0 Å². The van der Waals surface area contributed by atoms with Gasteiger partial charge in [0, 0.05) is 0 Å². The van der Waals surface area contributed by atoms with Gasteiger partial charge >= 0.3 is 0 Å². The molecule has 0 N–H and O–H groups in total. The van der Waals surface area contributed by atoms with Gasteiger partial charge in [-0.1, -0.05) is 92.2 Å². The highest BCUT2D eigenvalue weighted by Gasteiger charge is 2.09. The van der Waals surface area contributed by atoms with Gasteiger partial charge in [-0.15, -0.1) is 0 Å².